The summed E-state index contributed by atoms with van der Waals surface area (Å²) in [5.41, 5.74) is 3.02. The van der Waals surface area contributed by atoms with Gasteiger partial charge in [0.2, 0.25) is 5.91 Å². The molecule has 0 atom stereocenters. The minimum atomic E-state index is -0.0452. The molecule has 1 aliphatic heterocycles. The Morgan fingerprint density at radius 1 is 1.15 bits per heavy atom. The van der Waals surface area contributed by atoms with Crippen molar-refractivity contribution in [1.29, 1.82) is 0 Å². The number of halogens is 1. The molecule has 0 fully saturated rings. The van der Waals surface area contributed by atoms with Crippen molar-refractivity contribution in [3.05, 3.63) is 57.6 Å². The van der Waals surface area contributed by atoms with Crippen molar-refractivity contribution in [3.8, 4) is 11.5 Å². The first kappa shape index (κ1) is 19.7. The van der Waals surface area contributed by atoms with E-state index in [1.807, 2.05) is 44.2 Å². The Morgan fingerprint density at radius 2 is 1.85 bits per heavy atom. The summed E-state index contributed by atoms with van der Waals surface area (Å²) in [6, 6.07) is 11.8. The van der Waals surface area contributed by atoms with Crippen molar-refractivity contribution in [3.63, 3.8) is 0 Å². The smallest absolute Gasteiger partial charge is 0.224 e. The third-order valence-corrected chi connectivity index (χ3v) is 4.86. The summed E-state index contributed by atoms with van der Waals surface area (Å²) in [5.74, 6) is 1.35. The molecule has 0 unspecified atom stereocenters. The molecule has 1 N–H and O–H groups in total. The normalized spacial score (nSPS) is 12.9. The number of hydrogen-bond acceptors (Lipinski definition) is 4. The maximum absolute atomic E-state index is 12.4. The molecule has 0 aromatic heterocycles. The monoisotopic (exact) mass is 433 g/mol. The Hall–Kier alpha value is -2.05. The van der Waals surface area contributed by atoms with Crippen LogP contribution in [0, 0.1) is 0 Å². The molecule has 3 rings (SSSR count). The van der Waals surface area contributed by atoms with Gasteiger partial charge in [-0.1, -0.05) is 40.2 Å². The highest BCUT2D eigenvalue weighted by molar-refractivity contribution is 9.10. The highest BCUT2D eigenvalue weighted by Crippen LogP contribution is 2.35. The van der Waals surface area contributed by atoms with Crippen molar-refractivity contribution in [2.24, 2.45) is 0 Å². The number of fused-ring (bicyclic) bond motifs is 1. The average molecular weight is 434 g/mol. The van der Waals surface area contributed by atoms with E-state index in [0.29, 0.717) is 37.9 Å². The second-order valence-corrected chi connectivity index (χ2v) is 7.57. The number of amides is 1. The van der Waals surface area contributed by atoms with Crippen LogP contribution in [0.3, 0.4) is 0 Å². The Kier molecular flexibility index (Phi) is 6.74. The molecule has 0 spiro atoms. The molecule has 6 heteroatoms. The fraction of sp³-hybridized carbons (Fsp3) is 0.381. The maximum Gasteiger partial charge on any atom is 0.224 e. The molecule has 0 saturated carbocycles. The lowest BCUT2D eigenvalue weighted by Crippen LogP contribution is -2.25. The number of nitrogens with one attached hydrogen (secondary N) is 1. The van der Waals surface area contributed by atoms with E-state index in [0.717, 1.165) is 21.2 Å². The number of ether oxygens (including phenoxy) is 3. The maximum atomic E-state index is 12.4. The first-order valence-electron chi connectivity index (χ1n) is 9.05. The fourth-order valence-corrected chi connectivity index (χ4v) is 3.23. The van der Waals surface area contributed by atoms with Crippen LogP contribution in [0.1, 0.15) is 30.5 Å². The molecule has 0 radical (unpaired) electrons. The van der Waals surface area contributed by atoms with Crippen molar-refractivity contribution < 1.29 is 19.0 Å². The summed E-state index contributed by atoms with van der Waals surface area (Å²) in [4.78, 5) is 12.4. The molecular formula is C21H24BrNO4. The van der Waals surface area contributed by atoms with E-state index in [1.54, 1.807) is 0 Å². The summed E-state index contributed by atoms with van der Waals surface area (Å²) < 4.78 is 17.6. The number of carbonyl (C=O) groups excluding carboxylic acids is 1. The highest BCUT2D eigenvalue weighted by Gasteiger charge is 2.16. The van der Waals surface area contributed by atoms with Gasteiger partial charge in [-0.15, -0.1) is 0 Å². The fourth-order valence-electron chi connectivity index (χ4n) is 2.77. The summed E-state index contributed by atoms with van der Waals surface area (Å²) in [6.07, 6.45) is 0.464. The quantitative estimate of drug-likeness (QED) is 0.716. The number of carbonyl (C=O) groups is 1. The third kappa shape index (κ3) is 5.71. The van der Waals surface area contributed by atoms with Gasteiger partial charge in [-0.2, -0.15) is 0 Å². The third-order valence-electron chi connectivity index (χ3n) is 4.13. The SMILES string of the molecule is CC(C)OCc1cccc(CNC(=O)Cc2cc3c(cc2Br)OCCO3)c1. The molecule has 0 bridgehead atoms. The second-order valence-electron chi connectivity index (χ2n) is 6.72. The van der Waals surface area contributed by atoms with Gasteiger partial charge >= 0.3 is 0 Å². The molecule has 1 heterocycles. The molecule has 144 valence electrons. The zero-order chi connectivity index (χ0) is 19.2. The Labute approximate surface area is 168 Å². The van der Waals surface area contributed by atoms with Gasteiger partial charge in [0.25, 0.3) is 0 Å². The van der Waals surface area contributed by atoms with Crippen molar-refractivity contribution >= 4 is 21.8 Å². The minimum absolute atomic E-state index is 0.0452. The van der Waals surface area contributed by atoms with Crippen molar-refractivity contribution in [2.75, 3.05) is 13.2 Å². The van der Waals surface area contributed by atoms with Crippen LogP contribution in [-0.2, 0) is 29.1 Å². The van der Waals surface area contributed by atoms with Gasteiger partial charge in [0.15, 0.2) is 11.5 Å². The number of benzene rings is 2. The Bertz CT molecular complexity index is 807. The number of hydrogen-bond donors (Lipinski definition) is 1. The van der Waals surface area contributed by atoms with Crippen LogP contribution in [0.5, 0.6) is 11.5 Å². The predicted octanol–water partition coefficient (Wildman–Crippen LogP) is 4.00. The summed E-state index contributed by atoms with van der Waals surface area (Å²) in [6.45, 7) is 6.15. The predicted molar refractivity (Wildman–Crippen MR) is 107 cm³/mol. The van der Waals surface area contributed by atoms with E-state index >= 15 is 0 Å². The van der Waals surface area contributed by atoms with Crippen molar-refractivity contribution in [2.45, 2.75) is 39.5 Å². The minimum Gasteiger partial charge on any atom is -0.486 e. The lowest BCUT2D eigenvalue weighted by molar-refractivity contribution is -0.120. The van der Waals surface area contributed by atoms with E-state index in [4.69, 9.17) is 14.2 Å². The molecule has 2 aromatic carbocycles. The highest BCUT2D eigenvalue weighted by atomic mass is 79.9. The van der Waals surface area contributed by atoms with Crippen LogP contribution in [0.15, 0.2) is 40.9 Å². The lowest BCUT2D eigenvalue weighted by atomic mass is 10.1. The van der Waals surface area contributed by atoms with Gasteiger partial charge in [-0.05, 0) is 42.7 Å². The largest absolute Gasteiger partial charge is 0.486 e. The zero-order valence-corrected chi connectivity index (χ0v) is 17.2. The second kappa shape index (κ2) is 9.24. The molecule has 1 aliphatic rings. The summed E-state index contributed by atoms with van der Waals surface area (Å²) in [5, 5.41) is 2.97. The molecule has 1 amide bonds. The van der Waals surface area contributed by atoms with Crippen LogP contribution in [0.4, 0.5) is 0 Å². The van der Waals surface area contributed by atoms with Gasteiger partial charge < -0.3 is 19.5 Å². The van der Waals surface area contributed by atoms with Crippen LogP contribution in [0.2, 0.25) is 0 Å². The Morgan fingerprint density at radius 3 is 2.59 bits per heavy atom. The summed E-state index contributed by atoms with van der Waals surface area (Å²) >= 11 is 3.51. The van der Waals surface area contributed by atoms with E-state index < -0.39 is 0 Å². The molecule has 0 saturated heterocycles. The van der Waals surface area contributed by atoms with E-state index in [2.05, 4.69) is 27.3 Å². The lowest BCUT2D eigenvalue weighted by Gasteiger charge is -2.19. The number of rotatable bonds is 7. The van der Waals surface area contributed by atoms with Gasteiger partial charge in [-0.3, -0.25) is 4.79 Å². The molecule has 27 heavy (non-hydrogen) atoms. The zero-order valence-electron chi connectivity index (χ0n) is 15.6. The first-order chi connectivity index (χ1) is 13.0. The Balaban J connectivity index is 1.56. The van der Waals surface area contributed by atoms with Gasteiger partial charge in [-0.25, -0.2) is 0 Å². The van der Waals surface area contributed by atoms with Gasteiger partial charge in [0.1, 0.15) is 13.2 Å². The van der Waals surface area contributed by atoms with Crippen LogP contribution < -0.4 is 14.8 Å². The van der Waals surface area contributed by atoms with E-state index in [9.17, 15) is 4.79 Å². The van der Waals surface area contributed by atoms with E-state index in [1.165, 1.54) is 0 Å². The summed E-state index contributed by atoms with van der Waals surface area (Å²) in [7, 11) is 0. The first-order valence-corrected chi connectivity index (χ1v) is 9.84. The molecule has 0 aliphatic carbocycles. The van der Waals surface area contributed by atoms with Crippen LogP contribution >= 0.6 is 15.9 Å². The van der Waals surface area contributed by atoms with E-state index in [-0.39, 0.29) is 18.4 Å². The molecular weight excluding hydrogens is 410 g/mol. The van der Waals surface area contributed by atoms with Gasteiger partial charge in [0.05, 0.1) is 19.1 Å². The standard InChI is InChI=1S/C21H24BrNO4/c1-14(2)27-13-16-5-3-4-15(8-16)12-23-21(24)10-17-9-19-20(11-18(17)22)26-7-6-25-19/h3-5,8-9,11,14H,6-7,10,12-13H2,1-2H3,(H,23,24). The van der Waals surface area contributed by atoms with Gasteiger partial charge in [0, 0.05) is 11.0 Å². The molecule has 2 aromatic rings. The molecule has 5 nitrogen and oxygen atoms in total. The average Bonchev–Trinajstić information content (AvgIpc) is 2.66. The topological polar surface area (TPSA) is 56.8 Å². The van der Waals surface area contributed by atoms with Crippen LogP contribution in [0.25, 0.3) is 0 Å². The van der Waals surface area contributed by atoms with Crippen molar-refractivity contribution in [1.82, 2.24) is 5.32 Å². The van der Waals surface area contributed by atoms with Crippen LogP contribution in [-0.4, -0.2) is 25.2 Å².